The maximum atomic E-state index is 12.5. The van der Waals surface area contributed by atoms with Gasteiger partial charge in [-0.15, -0.1) is 5.10 Å². The first-order valence-corrected chi connectivity index (χ1v) is 7.25. The molecule has 3 aliphatic rings. The zero-order valence-electron chi connectivity index (χ0n) is 11.0. The number of aromatic nitrogens is 3. The third-order valence-electron chi connectivity index (χ3n) is 4.26. The van der Waals surface area contributed by atoms with Gasteiger partial charge in [0.15, 0.2) is 5.69 Å². The molecule has 4 rings (SSSR count). The first kappa shape index (κ1) is 11.4. The zero-order chi connectivity index (χ0) is 12.8. The minimum Gasteiger partial charge on any atom is -0.334 e. The zero-order valence-corrected chi connectivity index (χ0v) is 11.0. The van der Waals surface area contributed by atoms with E-state index in [0.717, 1.165) is 38.4 Å². The molecule has 19 heavy (non-hydrogen) atoms. The van der Waals surface area contributed by atoms with Crippen molar-refractivity contribution in [3.63, 3.8) is 0 Å². The van der Waals surface area contributed by atoms with Crippen molar-refractivity contribution >= 4 is 5.91 Å². The molecule has 1 N–H and O–H groups in total. The van der Waals surface area contributed by atoms with Crippen LogP contribution in [0.25, 0.3) is 0 Å². The van der Waals surface area contributed by atoms with Crippen molar-refractivity contribution < 1.29 is 4.79 Å². The number of nitrogens with zero attached hydrogens (tertiary/aromatic N) is 4. The summed E-state index contributed by atoms with van der Waals surface area (Å²) in [5, 5.41) is 11.4. The average molecular weight is 261 g/mol. The lowest BCUT2D eigenvalue weighted by atomic mass is 10.2. The van der Waals surface area contributed by atoms with E-state index in [2.05, 4.69) is 15.6 Å². The average Bonchev–Trinajstić information content (AvgIpc) is 3.24. The van der Waals surface area contributed by atoms with Crippen molar-refractivity contribution in [2.75, 3.05) is 19.6 Å². The smallest absolute Gasteiger partial charge is 0.276 e. The molecule has 1 aromatic heterocycles. The summed E-state index contributed by atoms with van der Waals surface area (Å²) in [5.74, 6) is 0.809. The maximum absolute atomic E-state index is 12.5. The van der Waals surface area contributed by atoms with Crippen LogP contribution in [0.1, 0.15) is 42.2 Å². The van der Waals surface area contributed by atoms with Gasteiger partial charge in [0.1, 0.15) is 0 Å². The summed E-state index contributed by atoms with van der Waals surface area (Å²) >= 11 is 0. The van der Waals surface area contributed by atoms with Crippen LogP contribution in [0.5, 0.6) is 0 Å². The molecule has 1 saturated heterocycles. The highest BCUT2D eigenvalue weighted by Crippen LogP contribution is 2.35. The lowest BCUT2D eigenvalue weighted by molar-refractivity contribution is 0.0728. The maximum Gasteiger partial charge on any atom is 0.276 e. The van der Waals surface area contributed by atoms with Gasteiger partial charge in [-0.2, -0.15) is 0 Å². The van der Waals surface area contributed by atoms with Gasteiger partial charge in [0.2, 0.25) is 0 Å². The molecule has 1 amide bonds. The van der Waals surface area contributed by atoms with Crippen LogP contribution in [-0.2, 0) is 0 Å². The molecule has 0 bridgehead atoms. The predicted octanol–water partition coefficient (Wildman–Crippen LogP) is 0.437. The molecule has 3 fully saturated rings. The second-order valence-electron chi connectivity index (χ2n) is 6.03. The van der Waals surface area contributed by atoms with Crippen LogP contribution < -0.4 is 5.32 Å². The Kier molecular flexibility index (Phi) is 2.58. The van der Waals surface area contributed by atoms with Crippen LogP contribution in [0, 0.1) is 5.92 Å². The molecule has 6 nitrogen and oxygen atoms in total. The number of rotatable bonds is 5. The lowest BCUT2D eigenvalue weighted by Crippen LogP contribution is -2.43. The Labute approximate surface area is 112 Å². The van der Waals surface area contributed by atoms with Crippen LogP contribution in [0.15, 0.2) is 6.20 Å². The summed E-state index contributed by atoms with van der Waals surface area (Å²) in [7, 11) is 0. The number of hydrogen-bond acceptors (Lipinski definition) is 4. The number of hydrogen-bond donors (Lipinski definition) is 1. The standard InChI is InChI=1S/C13H19N5O/c19-13(17(10-3-4-10)7-9-1-2-9)12-8-18(16-15-12)11-5-14-6-11/h8-11,14H,1-7H2. The van der Waals surface area contributed by atoms with E-state index in [1.54, 1.807) is 0 Å². The molecule has 0 radical (unpaired) electrons. The largest absolute Gasteiger partial charge is 0.334 e. The molecule has 0 aromatic carbocycles. The quantitative estimate of drug-likeness (QED) is 0.835. The van der Waals surface area contributed by atoms with Gasteiger partial charge in [-0.05, 0) is 31.6 Å². The number of nitrogens with one attached hydrogen (secondary N) is 1. The van der Waals surface area contributed by atoms with Gasteiger partial charge in [-0.3, -0.25) is 4.79 Å². The third kappa shape index (κ3) is 2.25. The minimum absolute atomic E-state index is 0.0768. The van der Waals surface area contributed by atoms with Crippen LogP contribution in [0.3, 0.4) is 0 Å². The van der Waals surface area contributed by atoms with Crippen LogP contribution in [-0.4, -0.2) is 51.5 Å². The summed E-state index contributed by atoms with van der Waals surface area (Å²) < 4.78 is 1.83. The molecule has 2 aliphatic carbocycles. The molecule has 2 heterocycles. The Morgan fingerprint density at radius 3 is 2.74 bits per heavy atom. The summed E-state index contributed by atoms with van der Waals surface area (Å²) in [6.07, 6.45) is 6.67. The monoisotopic (exact) mass is 261 g/mol. The molecule has 2 saturated carbocycles. The summed E-state index contributed by atoms with van der Waals surface area (Å²) in [5.41, 5.74) is 0.513. The topological polar surface area (TPSA) is 63.1 Å². The lowest BCUT2D eigenvalue weighted by Gasteiger charge is -2.26. The van der Waals surface area contributed by atoms with Gasteiger partial charge in [0, 0.05) is 25.7 Å². The molecule has 0 atom stereocenters. The second-order valence-corrected chi connectivity index (χ2v) is 6.03. The van der Waals surface area contributed by atoms with Crippen LogP contribution in [0.2, 0.25) is 0 Å². The Hall–Kier alpha value is -1.43. The van der Waals surface area contributed by atoms with Crippen molar-refractivity contribution in [2.24, 2.45) is 5.92 Å². The molecule has 0 unspecified atom stereocenters. The highest BCUT2D eigenvalue weighted by molar-refractivity contribution is 5.92. The van der Waals surface area contributed by atoms with E-state index in [4.69, 9.17) is 0 Å². The molecule has 0 spiro atoms. The molecule has 1 aromatic rings. The Morgan fingerprint density at radius 2 is 2.16 bits per heavy atom. The fourth-order valence-electron chi connectivity index (χ4n) is 2.52. The minimum atomic E-state index is 0.0768. The van der Waals surface area contributed by atoms with Gasteiger partial charge < -0.3 is 10.2 Å². The van der Waals surface area contributed by atoms with E-state index in [1.807, 2.05) is 15.8 Å². The van der Waals surface area contributed by atoms with E-state index < -0.39 is 0 Å². The Morgan fingerprint density at radius 1 is 1.37 bits per heavy atom. The fraction of sp³-hybridized carbons (Fsp3) is 0.769. The van der Waals surface area contributed by atoms with Gasteiger partial charge in [0.05, 0.1) is 12.2 Å². The predicted molar refractivity (Wildman–Crippen MR) is 68.7 cm³/mol. The first-order valence-electron chi connectivity index (χ1n) is 7.25. The van der Waals surface area contributed by atoms with Gasteiger partial charge >= 0.3 is 0 Å². The van der Waals surface area contributed by atoms with Crippen molar-refractivity contribution in [1.82, 2.24) is 25.2 Å². The summed E-state index contributed by atoms with van der Waals surface area (Å²) in [6.45, 7) is 2.76. The van der Waals surface area contributed by atoms with E-state index in [9.17, 15) is 4.79 Å². The fourth-order valence-corrected chi connectivity index (χ4v) is 2.52. The second kappa shape index (κ2) is 4.30. The van der Waals surface area contributed by atoms with Crippen LogP contribution in [0.4, 0.5) is 0 Å². The summed E-state index contributed by atoms with van der Waals surface area (Å²) in [6, 6.07) is 0.829. The SMILES string of the molecule is O=C(c1cn(C2CNC2)nn1)N(CC1CC1)C1CC1. The molecule has 6 heteroatoms. The van der Waals surface area contributed by atoms with Gasteiger partial charge in [-0.1, -0.05) is 5.21 Å². The molecular formula is C13H19N5O. The summed E-state index contributed by atoms with van der Waals surface area (Å²) in [4.78, 5) is 14.6. The highest BCUT2D eigenvalue weighted by Gasteiger charge is 2.37. The normalized spacial score (nSPS) is 23.2. The van der Waals surface area contributed by atoms with Gasteiger partial charge in [0.25, 0.3) is 5.91 Å². The third-order valence-corrected chi connectivity index (χ3v) is 4.26. The van der Waals surface area contributed by atoms with Gasteiger partial charge in [-0.25, -0.2) is 4.68 Å². The van der Waals surface area contributed by atoms with E-state index in [0.29, 0.717) is 17.8 Å². The van der Waals surface area contributed by atoms with Crippen molar-refractivity contribution in [3.05, 3.63) is 11.9 Å². The number of amides is 1. The van der Waals surface area contributed by atoms with Crippen LogP contribution >= 0.6 is 0 Å². The van der Waals surface area contributed by atoms with Crippen molar-refractivity contribution in [3.8, 4) is 0 Å². The van der Waals surface area contributed by atoms with Crippen molar-refractivity contribution in [2.45, 2.75) is 37.8 Å². The molecule has 1 aliphatic heterocycles. The number of carbonyl (C=O) groups is 1. The molecule has 102 valence electrons. The molecular weight excluding hydrogens is 242 g/mol. The van der Waals surface area contributed by atoms with E-state index in [1.165, 1.54) is 12.8 Å². The number of carbonyl (C=O) groups excluding carboxylic acids is 1. The highest BCUT2D eigenvalue weighted by atomic mass is 16.2. The Bertz CT molecular complexity index is 487. The van der Waals surface area contributed by atoms with E-state index in [-0.39, 0.29) is 5.91 Å². The van der Waals surface area contributed by atoms with E-state index >= 15 is 0 Å². The first-order chi connectivity index (χ1) is 9.31. The Balaban J connectivity index is 1.48. The van der Waals surface area contributed by atoms with Crippen molar-refractivity contribution in [1.29, 1.82) is 0 Å².